The van der Waals surface area contributed by atoms with E-state index in [0.29, 0.717) is 23.6 Å². The van der Waals surface area contributed by atoms with Crippen molar-refractivity contribution in [1.29, 1.82) is 0 Å². The first kappa shape index (κ1) is 19.9. The average Bonchev–Trinajstić information content (AvgIpc) is 2.67. The van der Waals surface area contributed by atoms with Gasteiger partial charge in [-0.3, -0.25) is 4.79 Å². The molecule has 0 amide bonds. The molecule has 4 heteroatoms. The lowest BCUT2D eigenvalue weighted by Gasteiger charge is -2.27. The molecule has 0 spiro atoms. The van der Waals surface area contributed by atoms with Gasteiger partial charge in [0.1, 0.15) is 12.9 Å². The first-order valence-corrected chi connectivity index (χ1v) is 10.7. The molecule has 0 saturated carbocycles. The molecule has 0 radical (unpaired) electrons. The normalized spacial score (nSPS) is 12.2. The van der Waals surface area contributed by atoms with Gasteiger partial charge in [0, 0.05) is 35.5 Å². The standard InChI is InChI=1S/C22H25O3P/c1-4-15-26(24,16-5-2)22(19-13-9-10-14-21(19)25-3)17-20(23)18-11-7-6-8-12-18/h4-14,22H,1-2,15-17H2,3H3/t22-/m0/s1. The Morgan fingerprint density at radius 1 is 1.04 bits per heavy atom. The summed E-state index contributed by atoms with van der Waals surface area (Å²) in [5, 5.41) is 0. The third-order valence-electron chi connectivity index (χ3n) is 4.42. The summed E-state index contributed by atoms with van der Waals surface area (Å²) in [6, 6.07) is 16.6. The van der Waals surface area contributed by atoms with Crippen LogP contribution in [0.2, 0.25) is 0 Å². The van der Waals surface area contributed by atoms with Crippen molar-refractivity contribution >= 4 is 12.9 Å². The van der Waals surface area contributed by atoms with Crippen LogP contribution in [0.3, 0.4) is 0 Å². The Morgan fingerprint density at radius 3 is 2.19 bits per heavy atom. The van der Waals surface area contributed by atoms with Gasteiger partial charge in [0.05, 0.1) is 7.11 Å². The molecule has 0 bridgehead atoms. The van der Waals surface area contributed by atoms with Crippen molar-refractivity contribution in [3.05, 3.63) is 91.0 Å². The number of para-hydroxylation sites is 1. The van der Waals surface area contributed by atoms with Crippen molar-refractivity contribution < 1.29 is 14.1 Å². The first-order valence-electron chi connectivity index (χ1n) is 8.56. The lowest BCUT2D eigenvalue weighted by atomic mass is 10.0. The molecular formula is C22H25O3P. The fourth-order valence-electron chi connectivity index (χ4n) is 3.16. The van der Waals surface area contributed by atoms with Gasteiger partial charge in [0.15, 0.2) is 5.78 Å². The topological polar surface area (TPSA) is 43.4 Å². The summed E-state index contributed by atoms with van der Waals surface area (Å²) in [6.45, 7) is 7.52. The molecule has 2 aromatic carbocycles. The van der Waals surface area contributed by atoms with Gasteiger partial charge in [-0.1, -0.05) is 60.7 Å². The number of carbonyl (C=O) groups is 1. The third-order valence-corrected chi connectivity index (χ3v) is 7.77. The summed E-state index contributed by atoms with van der Waals surface area (Å²) in [5.74, 6) is 0.613. The predicted molar refractivity (Wildman–Crippen MR) is 109 cm³/mol. The summed E-state index contributed by atoms with van der Waals surface area (Å²) in [6.07, 6.45) is 4.19. The molecule has 2 aromatic rings. The first-order chi connectivity index (χ1) is 12.6. The van der Waals surface area contributed by atoms with Crippen molar-refractivity contribution in [3.8, 4) is 5.75 Å². The van der Waals surface area contributed by atoms with E-state index in [2.05, 4.69) is 13.2 Å². The van der Waals surface area contributed by atoms with E-state index in [-0.39, 0.29) is 12.2 Å². The zero-order chi connectivity index (χ0) is 19.0. The zero-order valence-corrected chi connectivity index (χ0v) is 16.0. The van der Waals surface area contributed by atoms with Crippen LogP contribution in [0.25, 0.3) is 0 Å². The summed E-state index contributed by atoms with van der Waals surface area (Å²) < 4.78 is 19.3. The van der Waals surface area contributed by atoms with Crippen LogP contribution in [0.1, 0.15) is 28.0 Å². The number of allylic oxidation sites excluding steroid dienone is 2. The highest BCUT2D eigenvalue weighted by molar-refractivity contribution is 7.64. The van der Waals surface area contributed by atoms with Crippen LogP contribution in [-0.2, 0) is 4.57 Å². The van der Waals surface area contributed by atoms with Crippen LogP contribution in [-0.4, -0.2) is 25.2 Å². The minimum atomic E-state index is -2.80. The Balaban J connectivity index is 2.50. The SMILES string of the molecule is C=CCP(=O)(CC=C)[C@@H](CC(=O)c1ccccc1)c1ccccc1OC. The van der Waals surface area contributed by atoms with Crippen molar-refractivity contribution in [2.24, 2.45) is 0 Å². The number of rotatable bonds is 10. The number of methoxy groups -OCH3 is 1. The maximum Gasteiger partial charge on any atom is 0.163 e. The predicted octanol–water partition coefficient (Wildman–Crippen LogP) is 5.74. The minimum absolute atomic E-state index is 0.0325. The summed E-state index contributed by atoms with van der Waals surface area (Å²) >= 11 is 0. The van der Waals surface area contributed by atoms with E-state index in [4.69, 9.17) is 4.74 Å². The van der Waals surface area contributed by atoms with E-state index >= 15 is 0 Å². The summed E-state index contributed by atoms with van der Waals surface area (Å²) in [5.41, 5.74) is 0.977. The van der Waals surface area contributed by atoms with Crippen LogP contribution in [0.15, 0.2) is 79.9 Å². The van der Waals surface area contributed by atoms with E-state index in [0.717, 1.165) is 5.56 Å². The molecule has 0 aliphatic rings. The highest BCUT2D eigenvalue weighted by atomic mass is 31.2. The molecule has 1 atom stereocenters. The summed E-state index contributed by atoms with van der Waals surface area (Å²) in [4.78, 5) is 12.9. The second-order valence-electron chi connectivity index (χ2n) is 6.15. The highest BCUT2D eigenvalue weighted by Gasteiger charge is 2.35. The minimum Gasteiger partial charge on any atom is -0.496 e. The molecule has 2 rings (SSSR count). The van der Waals surface area contributed by atoms with Crippen LogP contribution in [0.4, 0.5) is 0 Å². The molecule has 26 heavy (non-hydrogen) atoms. The van der Waals surface area contributed by atoms with Crippen LogP contribution in [0, 0.1) is 0 Å². The van der Waals surface area contributed by atoms with Crippen LogP contribution < -0.4 is 4.74 Å². The number of hydrogen-bond acceptors (Lipinski definition) is 3. The number of ketones is 1. The number of benzene rings is 2. The van der Waals surface area contributed by atoms with Gasteiger partial charge in [0.25, 0.3) is 0 Å². The maximum atomic E-state index is 13.8. The molecule has 3 nitrogen and oxygen atoms in total. The van der Waals surface area contributed by atoms with E-state index in [1.54, 1.807) is 31.4 Å². The van der Waals surface area contributed by atoms with Crippen LogP contribution in [0.5, 0.6) is 5.75 Å². The Labute approximate surface area is 155 Å². The fourth-order valence-corrected chi connectivity index (χ4v) is 5.91. The fraction of sp³-hybridized carbons (Fsp3) is 0.227. The average molecular weight is 368 g/mol. The van der Waals surface area contributed by atoms with Crippen molar-refractivity contribution in [1.82, 2.24) is 0 Å². The van der Waals surface area contributed by atoms with Gasteiger partial charge in [0.2, 0.25) is 0 Å². The van der Waals surface area contributed by atoms with Crippen molar-refractivity contribution in [2.45, 2.75) is 12.1 Å². The molecule has 0 fully saturated rings. The Bertz CT molecular complexity index is 797. The highest BCUT2D eigenvalue weighted by Crippen LogP contribution is 2.62. The molecule has 0 N–H and O–H groups in total. The number of hydrogen-bond donors (Lipinski definition) is 0. The second kappa shape index (κ2) is 9.35. The van der Waals surface area contributed by atoms with Gasteiger partial charge in [-0.05, 0) is 6.07 Å². The molecule has 0 saturated heterocycles. The number of ether oxygens (including phenoxy) is 1. The smallest absolute Gasteiger partial charge is 0.163 e. The lowest BCUT2D eigenvalue weighted by Crippen LogP contribution is -2.12. The monoisotopic (exact) mass is 368 g/mol. The van der Waals surface area contributed by atoms with Gasteiger partial charge < -0.3 is 9.30 Å². The molecule has 0 unspecified atom stereocenters. The van der Waals surface area contributed by atoms with Gasteiger partial charge in [-0.15, -0.1) is 13.2 Å². The zero-order valence-electron chi connectivity index (χ0n) is 15.1. The van der Waals surface area contributed by atoms with E-state index < -0.39 is 12.8 Å². The van der Waals surface area contributed by atoms with Gasteiger partial charge in [-0.25, -0.2) is 0 Å². The van der Waals surface area contributed by atoms with E-state index in [9.17, 15) is 9.36 Å². The Kier molecular flexibility index (Phi) is 7.17. The number of Topliss-reactive ketones (excluding diaryl/α,β-unsaturated/α-hetero) is 1. The van der Waals surface area contributed by atoms with Gasteiger partial charge >= 0.3 is 0 Å². The Morgan fingerprint density at radius 2 is 1.62 bits per heavy atom. The Hall–Kier alpha value is -2.38. The second-order valence-corrected chi connectivity index (χ2v) is 9.40. The van der Waals surface area contributed by atoms with E-state index in [1.807, 2.05) is 42.5 Å². The van der Waals surface area contributed by atoms with Crippen molar-refractivity contribution in [3.63, 3.8) is 0 Å². The molecule has 0 aliphatic carbocycles. The molecule has 0 aromatic heterocycles. The quantitative estimate of drug-likeness (QED) is 0.305. The van der Waals surface area contributed by atoms with Crippen molar-refractivity contribution in [2.75, 3.05) is 19.4 Å². The molecule has 136 valence electrons. The maximum absolute atomic E-state index is 13.8. The molecule has 0 heterocycles. The lowest BCUT2D eigenvalue weighted by molar-refractivity contribution is 0.0980. The largest absolute Gasteiger partial charge is 0.496 e. The van der Waals surface area contributed by atoms with Gasteiger partial charge in [-0.2, -0.15) is 0 Å². The third kappa shape index (κ3) is 4.62. The van der Waals surface area contributed by atoms with Crippen LogP contribution >= 0.6 is 7.14 Å². The number of carbonyl (C=O) groups excluding carboxylic acids is 1. The molecular weight excluding hydrogens is 343 g/mol. The molecule has 0 aliphatic heterocycles. The van der Waals surface area contributed by atoms with E-state index in [1.165, 1.54) is 0 Å². The summed E-state index contributed by atoms with van der Waals surface area (Å²) in [7, 11) is -1.22.